The van der Waals surface area contributed by atoms with Crippen molar-refractivity contribution in [2.24, 2.45) is 5.84 Å². The van der Waals surface area contributed by atoms with Gasteiger partial charge in [0.25, 0.3) is 0 Å². The van der Waals surface area contributed by atoms with Gasteiger partial charge in [-0.2, -0.15) is 0 Å². The Hall–Kier alpha value is -0.900. The first-order valence-electron chi connectivity index (χ1n) is 5.49. The first-order valence-corrected chi connectivity index (χ1v) is 5.49. The molecule has 0 radical (unpaired) electrons. The Morgan fingerprint density at radius 1 is 1.20 bits per heavy atom. The number of rotatable bonds is 7. The fourth-order valence-corrected chi connectivity index (χ4v) is 1.58. The van der Waals surface area contributed by atoms with E-state index in [0.29, 0.717) is 0 Å². The molecule has 0 bridgehead atoms. The highest BCUT2D eigenvalue weighted by Crippen LogP contribution is 2.03. The molecular weight excluding hydrogens is 186 g/mol. The summed E-state index contributed by atoms with van der Waals surface area (Å²) in [7, 11) is 2.16. The molecule has 1 aromatic rings. The number of unbranched alkanes of at least 4 members (excludes halogenated alkanes) is 1. The first kappa shape index (κ1) is 12.2. The van der Waals surface area contributed by atoms with Gasteiger partial charge in [0.2, 0.25) is 0 Å². The van der Waals surface area contributed by atoms with E-state index in [2.05, 4.69) is 47.7 Å². The fraction of sp³-hybridized carbons (Fsp3) is 0.500. The molecule has 1 aromatic carbocycles. The van der Waals surface area contributed by atoms with Crippen LogP contribution < -0.4 is 11.3 Å². The quantitative estimate of drug-likeness (QED) is 0.403. The van der Waals surface area contributed by atoms with Gasteiger partial charge < -0.3 is 4.90 Å². The van der Waals surface area contributed by atoms with E-state index in [1.165, 1.54) is 12.0 Å². The Morgan fingerprint density at radius 3 is 2.60 bits per heavy atom. The fourth-order valence-electron chi connectivity index (χ4n) is 1.58. The zero-order valence-corrected chi connectivity index (χ0v) is 9.45. The number of nitrogens with two attached hydrogens (primary N) is 1. The molecule has 0 spiro atoms. The van der Waals surface area contributed by atoms with Crippen LogP contribution in [-0.2, 0) is 6.54 Å². The monoisotopic (exact) mass is 207 g/mol. The van der Waals surface area contributed by atoms with E-state index in [1.54, 1.807) is 0 Å². The maximum Gasteiger partial charge on any atom is 0.0230 e. The van der Waals surface area contributed by atoms with Crippen molar-refractivity contribution in [1.29, 1.82) is 0 Å². The average molecular weight is 207 g/mol. The van der Waals surface area contributed by atoms with Gasteiger partial charge in [-0.3, -0.25) is 11.3 Å². The molecule has 0 aliphatic carbocycles. The summed E-state index contributed by atoms with van der Waals surface area (Å²) in [5.41, 5.74) is 4.04. The van der Waals surface area contributed by atoms with E-state index in [9.17, 15) is 0 Å². The van der Waals surface area contributed by atoms with Crippen molar-refractivity contribution in [2.75, 3.05) is 20.1 Å². The number of hydrazine groups is 1. The van der Waals surface area contributed by atoms with E-state index in [0.717, 1.165) is 26.1 Å². The molecule has 15 heavy (non-hydrogen) atoms. The van der Waals surface area contributed by atoms with Gasteiger partial charge in [-0.1, -0.05) is 30.3 Å². The van der Waals surface area contributed by atoms with Crippen LogP contribution in [0.2, 0.25) is 0 Å². The molecule has 0 aliphatic heterocycles. The van der Waals surface area contributed by atoms with Crippen molar-refractivity contribution in [3.05, 3.63) is 35.9 Å². The first-order chi connectivity index (χ1) is 7.33. The molecule has 0 saturated heterocycles. The summed E-state index contributed by atoms with van der Waals surface area (Å²) in [4.78, 5) is 2.34. The molecular formula is C12H21N3. The minimum absolute atomic E-state index is 0.902. The Morgan fingerprint density at radius 2 is 1.93 bits per heavy atom. The number of benzene rings is 1. The van der Waals surface area contributed by atoms with E-state index in [1.807, 2.05) is 0 Å². The molecule has 3 heteroatoms. The van der Waals surface area contributed by atoms with Gasteiger partial charge >= 0.3 is 0 Å². The third kappa shape index (κ3) is 5.52. The van der Waals surface area contributed by atoms with Gasteiger partial charge in [0.1, 0.15) is 0 Å². The van der Waals surface area contributed by atoms with E-state index in [-0.39, 0.29) is 0 Å². The van der Waals surface area contributed by atoms with Crippen LogP contribution in [0, 0.1) is 0 Å². The molecule has 84 valence electrons. The van der Waals surface area contributed by atoms with Crippen LogP contribution in [0.25, 0.3) is 0 Å². The summed E-state index contributed by atoms with van der Waals surface area (Å²) in [5, 5.41) is 0. The van der Waals surface area contributed by atoms with Gasteiger partial charge in [-0.05, 0) is 32.0 Å². The minimum atomic E-state index is 0.902. The van der Waals surface area contributed by atoms with Gasteiger partial charge in [0, 0.05) is 13.1 Å². The molecule has 0 unspecified atom stereocenters. The average Bonchev–Trinajstić information content (AvgIpc) is 2.26. The Balaban J connectivity index is 2.16. The summed E-state index contributed by atoms with van der Waals surface area (Å²) < 4.78 is 0. The largest absolute Gasteiger partial charge is 0.302 e. The van der Waals surface area contributed by atoms with Crippen LogP contribution in [0.4, 0.5) is 0 Å². The van der Waals surface area contributed by atoms with Crippen molar-refractivity contribution in [3.8, 4) is 0 Å². The molecule has 1 rings (SSSR count). The van der Waals surface area contributed by atoms with Crippen LogP contribution in [0.3, 0.4) is 0 Å². The molecule has 3 N–H and O–H groups in total. The maximum absolute atomic E-state index is 5.21. The van der Waals surface area contributed by atoms with Crippen molar-refractivity contribution in [1.82, 2.24) is 10.3 Å². The minimum Gasteiger partial charge on any atom is -0.302 e. The van der Waals surface area contributed by atoms with Crippen molar-refractivity contribution < 1.29 is 0 Å². The van der Waals surface area contributed by atoms with Crippen LogP contribution in [0.5, 0.6) is 0 Å². The maximum atomic E-state index is 5.21. The highest BCUT2D eigenvalue weighted by molar-refractivity contribution is 5.14. The second-order valence-corrected chi connectivity index (χ2v) is 3.88. The molecule has 0 saturated carbocycles. The zero-order valence-electron chi connectivity index (χ0n) is 9.45. The molecule has 0 heterocycles. The van der Waals surface area contributed by atoms with Gasteiger partial charge in [-0.15, -0.1) is 0 Å². The number of nitrogens with one attached hydrogen (secondary N) is 1. The van der Waals surface area contributed by atoms with Gasteiger partial charge in [0.05, 0.1) is 0 Å². The predicted molar refractivity (Wildman–Crippen MR) is 64.2 cm³/mol. The molecule has 0 fully saturated rings. The SMILES string of the molecule is CN(CCCCNN)Cc1ccccc1. The van der Waals surface area contributed by atoms with Crippen LogP contribution in [0.15, 0.2) is 30.3 Å². The Labute approximate surface area is 92.2 Å². The second-order valence-electron chi connectivity index (χ2n) is 3.88. The predicted octanol–water partition coefficient (Wildman–Crippen LogP) is 1.36. The lowest BCUT2D eigenvalue weighted by Gasteiger charge is -2.16. The van der Waals surface area contributed by atoms with Crippen molar-refractivity contribution in [2.45, 2.75) is 19.4 Å². The summed E-state index contributed by atoms with van der Waals surface area (Å²) in [6.07, 6.45) is 2.32. The molecule has 0 amide bonds. The lowest BCUT2D eigenvalue weighted by molar-refractivity contribution is 0.318. The molecule has 0 aromatic heterocycles. The third-order valence-corrected chi connectivity index (χ3v) is 2.41. The van der Waals surface area contributed by atoms with E-state index in [4.69, 9.17) is 5.84 Å². The normalized spacial score (nSPS) is 10.9. The lowest BCUT2D eigenvalue weighted by atomic mass is 10.2. The summed E-state index contributed by atoms with van der Waals surface area (Å²) in [5.74, 6) is 5.21. The summed E-state index contributed by atoms with van der Waals surface area (Å²) in [6, 6.07) is 10.6. The van der Waals surface area contributed by atoms with Crippen LogP contribution >= 0.6 is 0 Å². The highest BCUT2D eigenvalue weighted by atomic mass is 15.2. The van der Waals surface area contributed by atoms with Gasteiger partial charge in [0.15, 0.2) is 0 Å². The van der Waals surface area contributed by atoms with Crippen molar-refractivity contribution >= 4 is 0 Å². The number of nitrogens with zero attached hydrogens (tertiary/aromatic N) is 1. The second kappa shape index (κ2) is 7.40. The third-order valence-electron chi connectivity index (χ3n) is 2.41. The topological polar surface area (TPSA) is 41.3 Å². The zero-order chi connectivity index (χ0) is 10.9. The van der Waals surface area contributed by atoms with E-state index < -0.39 is 0 Å². The molecule has 0 aliphatic rings. The molecule has 0 atom stereocenters. The van der Waals surface area contributed by atoms with Crippen LogP contribution in [-0.4, -0.2) is 25.0 Å². The number of hydrogen-bond donors (Lipinski definition) is 2. The van der Waals surface area contributed by atoms with Gasteiger partial charge in [-0.25, -0.2) is 0 Å². The van der Waals surface area contributed by atoms with Crippen LogP contribution in [0.1, 0.15) is 18.4 Å². The van der Waals surface area contributed by atoms with Crippen molar-refractivity contribution in [3.63, 3.8) is 0 Å². The number of hydrogen-bond acceptors (Lipinski definition) is 3. The Kier molecular flexibility index (Phi) is 6.00. The highest BCUT2D eigenvalue weighted by Gasteiger charge is 1.98. The summed E-state index contributed by atoms with van der Waals surface area (Å²) in [6.45, 7) is 3.05. The molecule has 3 nitrogen and oxygen atoms in total. The summed E-state index contributed by atoms with van der Waals surface area (Å²) >= 11 is 0. The Bertz CT molecular complexity index is 248. The standard InChI is InChI=1S/C12H21N3/c1-15(10-6-5-9-14-13)11-12-7-3-2-4-8-12/h2-4,7-8,14H,5-6,9-11,13H2,1H3. The lowest BCUT2D eigenvalue weighted by Crippen LogP contribution is -2.24. The van der Waals surface area contributed by atoms with E-state index >= 15 is 0 Å². The smallest absolute Gasteiger partial charge is 0.0230 e.